The molecule has 0 spiro atoms. The first-order valence-corrected chi connectivity index (χ1v) is 29.7. The molecule has 0 fully saturated rings. The van der Waals surface area contributed by atoms with Gasteiger partial charge < -0.3 is 14.2 Å². The molecule has 6 heteroatoms. The van der Waals surface area contributed by atoms with E-state index in [9.17, 15) is 14.4 Å². The molecule has 0 aromatic heterocycles. The number of carbonyl (C=O) groups excluding carboxylic acids is 3. The highest BCUT2D eigenvalue weighted by molar-refractivity contribution is 5.71. The molecule has 0 aromatic carbocycles. The van der Waals surface area contributed by atoms with Gasteiger partial charge in [-0.25, -0.2) is 0 Å². The largest absolute Gasteiger partial charge is 0.462 e. The van der Waals surface area contributed by atoms with E-state index >= 15 is 0 Å². The van der Waals surface area contributed by atoms with Crippen molar-refractivity contribution in [3.05, 3.63) is 48.6 Å². The summed E-state index contributed by atoms with van der Waals surface area (Å²) in [6, 6.07) is 0. The first kappa shape index (κ1) is 65.4. The minimum absolute atomic E-state index is 0.0935. The molecule has 0 amide bonds. The molecule has 68 heavy (non-hydrogen) atoms. The molecule has 0 aliphatic heterocycles. The van der Waals surface area contributed by atoms with Crippen LogP contribution in [0.1, 0.15) is 310 Å². The molecule has 0 bridgehead atoms. The van der Waals surface area contributed by atoms with Gasteiger partial charge in [0.1, 0.15) is 13.2 Å². The zero-order valence-electron chi connectivity index (χ0n) is 45.4. The van der Waals surface area contributed by atoms with E-state index in [0.29, 0.717) is 19.3 Å². The second kappa shape index (κ2) is 57.0. The third-order valence-electron chi connectivity index (χ3n) is 13.1. The molecule has 1 unspecified atom stereocenters. The molecular formula is C62H112O6. The molecule has 0 rings (SSSR count). The molecule has 0 aliphatic carbocycles. The highest BCUT2D eigenvalue weighted by Gasteiger charge is 2.19. The topological polar surface area (TPSA) is 78.9 Å². The van der Waals surface area contributed by atoms with E-state index in [0.717, 1.165) is 70.6 Å². The van der Waals surface area contributed by atoms with Crippen LogP contribution in [0.25, 0.3) is 0 Å². The van der Waals surface area contributed by atoms with Crippen LogP contribution in [0.2, 0.25) is 0 Å². The molecule has 0 N–H and O–H groups in total. The third kappa shape index (κ3) is 54.3. The number of hydrogen-bond donors (Lipinski definition) is 0. The van der Waals surface area contributed by atoms with Crippen LogP contribution in [0.3, 0.4) is 0 Å². The van der Waals surface area contributed by atoms with Gasteiger partial charge >= 0.3 is 17.9 Å². The summed E-state index contributed by atoms with van der Waals surface area (Å²) in [4.78, 5) is 38.1. The van der Waals surface area contributed by atoms with Gasteiger partial charge in [0, 0.05) is 19.3 Å². The minimum Gasteiger partial charge on any atom is -0.462 e. The monoisotopic (exact) mass is 953 g/mol. The van der Waals surface area contributed by atoms with Crippen LogP contribution in [-0.2, 0) is 28.6 Å². The second-order valence-electron chi connectivity index (χ2n) is 19.9. The third-order valence-corrected chi connectivity index (χ3v) is 13.1. The molecule has 0 aliphatic rings. The standard InChI is InChI=1S/C62H112O6/c1-4-7-10-13-16-19-22-25-27-29-31-33-34-37-40-43-46-49-52-55-61(64)67-58-59(57-66-60(63)54-51-48-45-42-39-36-24-21-18-15-12-9-6-3)68-62(65)56-53-50-47-44-41-38-35-32-30-28-26-23-20-17-14-11-8-5-2/h28,30,32,35-36,39,45,48,59H,4-27,29,31,33-34,37-38,40-44,46-47,49-58H2,1-3H3/b30-28+,35-32+,39-36+,48-45+. The second-order valence-corrected chi connectivity index (χ2v) is 19.9. The average Bonchev–Trinajstić information content (AvgIpc) is 3.34. The van der Waals surface area contributed by atoms with Gasteiger partial charge in [0.25, 0.3) is 0 Å². The zero-order chi connectivity index (χ0) is 49.3. The van der Waals surface area contributed by atoms with Crippen molar-refractivity contribution in [2.45, 2.75) is 316 Å². The molecule has 1 atom stereocenters. The van der Waals surface area contributed by atoms with Crippen molar-refractivity contribution in [2.24, 2.45) is 0 Å². The quantitative estimate of drug-likeness (QED) is 0.0199. The Kier molecular flexibility index (Phi) is 54.8. The lowest BCUT2D eigenvalue weighted by Crippen LogP contribution is -2.30. The van der Waals surface area contributed by atoms with E-state index in [4.69, 9.17) is 14.2 Å². The summed E-state index contributed by atoms with van der Waals surface area (Å²) in [6.45, 7) is 6.60. The van der Waals surface area contributed by atoms with Crippen LogP contribution in [0.4, 0.5) is 0 Å². The maximum Gasteiger partial charge on any atom is 0.306 e. The summed E-state index contributed by atoms with van der Waals surface area (Å²) in [5.74, 6) is -0.964. The van der Waals surface area contributed by atoms with Crippen molar-refractivity contribution < 1.29 is 28.6 Å². The molecule has 0 saturated heterocycles. The van der Waals surface area contributed by atoms with E-state index in [-0.39, 0.29) is 37.5 Å². The highest BCUT2D eigenvalue weighted by atomic mass is 16.6. The van der Waals surface area contributed by atoms with E-state index in [1.165, 1.54) is 193 Å². The number of rotatable bonds is 54. The van der Waals surface area contributed by atoms with Crippen LogP contribution >= 0.6 is 0 Å². The maximum absolute atomic E-state index is 12.9. The van der Waals surface area contributed by atoms with Crippen molar-refractivity contribution in [1.82, 2.24) is 0 Å². The molecular weight excluding hydrogens is 841 g/mol. The van der Waals surface area contributed by atoms with Crippen molar-refractivity contribution in [2.75, 3.05) is 13.2 Å². The summed E-state index contributed by atoms with van der Waals surface area (Å²) >= 11 is 0. The summed E-state index contributed by atoms with van der Waals surface area (Å²) in [6.07, 6.45) is 69.8. The minimum atomic E-state index is -0.802. The lowest BCUT2D eigenvalue weighted by molar-refractivity contribution is -0.166. The number of ether oxygens (including phenoxy) is 3. The Morgan fingerprint density at radius 2 is 0.603 bits per heavy atom. The Bertz CT molecular complexity index is 1190. The van der Waals surface area contributed by atoms with Crippen LogP contribution in [0.5, 0.6) is 0 Å². The van der Waals surface area contributed by atoms with E-state index in [1.807, 2.05) is 6.08 Å². The lowest BCUT2D eigenvalue weighted by Gasteiger charge is -2.18. The van der Waals surface area contributed by atoms with Gasteiger partial charge in [0.05, 0.1) is 0 Å². The van der Waals surface area contributed by atoms with Crippen molar-refractivity contribution in [3.8, 4) is 0 Å². The number of allylic oxidation sites excluding steroid dienone is 8. The number of unbranched alkanes of at least 4 members (excludes halogenated alkanes) is 36. The summed E-state index contributed by atoms with van der Waals surface area (Å²) < 4.78 is 16.8. The molecule has 0 aromatic rings. The first-order chi connectivity index (χ1) is 33.5. The summed E-state index contributed by atoms with van der Waals surface area (Å²) in [5.41, 5.74) is 0. The molecule has 6 nitrogen and oxygen atoms in total. The highest BCUT2D eigenvalue weighted by Crippen LogP contribution is 2.16. The van der Waals surface area contributed by atoms with Gasteiger partial charge in [-0.15, -0.1) is 0 Å². The number of carbonyl (C=O) groups is 3. The lowest BCUT2D eigenvalue weighted by atomic mass is 10.0. The SMILES string of the molecule is CCCCCCCC/C=C/C/C=C/CCC(=O)OCC(COC(=O)CCCCCCCCCCCCCCCCCCCCC)OC(=O)CCCCCCC/C=C/C=C/CCCCCCCCC. The van der Waals surface area contributed by atoms with Crippen molar-refractivity contribution in [1.29, 1.82) is 0 Å². The average molecular weight is 954 g/mol. The Hall–Kier alpha value is -2.63. The van der Waals surface area contributed by atoms with Crippen LogP contribution in [0.15, 0.2) is 48.6 Å². The smallest absolute Gasteiger partial charge is 0.306 e. The van der Waals surface area contributed by atoms with Gasteiger partial charge in [0.15, 0.2) is 6.10 Å². The molecule has 0 heterocycles. The van der Waals surface area contributed by atoms with Gasteiger partial charge in [-0.1, -0.05) is 275 Å². The molecule has 396 valence electrons. The van der Waals surface area contributed by atoms with E-state index < -0.39 is 6.10 Å². The predicted octanol–water partition coefficient (Wildman–Crippen LogP) is 19.8. The first-order valence-electron chi connectivity index (χ1n) is 29.7. The summed E-state index contributed by atoms with van der Waals surface area (Å²) in [7, 11) is 0. The van der Waals surface area contributed by atoms with E-state index in [1.54, 1.807) is 0 Å². The van der Waals surface area contributed by atoms with Gasteiger partial charge in [-0.3, -0.25) is 14.4 Å². The fourth-order valence-corrected chi connectivity index (χ4v) is 8.61. The van der Waals surface area contributed by atoms with Gasteiger partial charge in [-0.2, -0.15) is 0 Å². The fourth-order valence-electron chi connectivity index (χ4n) is 8.61. The van der Waals surface area contributed by atoms with E-state index in [2.05, 4.69) is 63.3 Å². The number of hydrogen-bond acceptors (Lipinski definition) is 6. The van der Waals surface area contributed by atoms with Crippen LogP contribution in [-0.4, -0.2) is 37.2 Å². The maximum atomic E-state index is 12.9. The number of esters is 3. The summed E-state index contributed by atoms with van der Waals surface area (Å²) in [5, 5.41) is 0. The normalized spacial score (nSPS) is 12.3. The Balaban J connectivity index is 4.39. The van der Waals surface area contributed by atoms with Crippen molar-refractivity contribution >= 4 is 17.9 Å². The zero-order valence-corrected chi connectivity index (χ0v) is 45.4. The fraction of sp³-hybridized carbons (Fsp3) is 0.823. The molecule has 0 saturated carbocycles. The Morgan fingerprint density at radius 1 is 0.309 bits per heavy atom. The Labute approximate surface area is 422 Å². The van der Waals surface area contributed by atoms with Crippen LogP contribution in [0, 0.1) is 0 Å². The predicted molar refractivity (Wildman–Crippen MR) is 293 cm³/mol. The Morgan fingerprint density at radius 3 is 0.985 bits per heavy atom. The molecule has 0 radical (unpaired) electrons. The van der Waals surface area contributed by atoms with Crippen molar-refractivity contribution in [3.63, 3.8) is 0 Å². The van der Waals surface area contributed by atoms with Crippen LogP contribution < -0.4 is 0 Å². The van der Waals surface area contributed by atoms with Gasteiger partial charge in [0.2, 0.25) is 0 Å². The van der Waals surface area contributed by atoms with Gasteiger partial charge in [-0.05, 0) is 64.2 Å².